The number of hydrogen-bond acceptors (Lipinski definition) is 2. The number of allylic oxidation sites excluding steroid dienone is 4. The van der Waals surface area contributed by atoms with Crippen molar-refractivity contribution in [2.45, 2.75) is 13.8 Å². The zero-order chi connectivity index (χ0) is 27.1. The van der Waals surface area contributed by atoms with Gasteiger partial charge in [0.2, 0.25) is 0 Å². The van der Waals surface area contributed by atoms with E-state index in [0.717, 1.165) is 11.5 Å². The molecule has 2 heterocycles. The minimum atomic E-state index is -0.924. The number of hydrogen-bond donors (Lipinski definition) is 0. The molecule has 0 radical (unpaired) electrons. The molecule has 4 heteroatoms. The molecular formula is C36H28O2P2. The number of fused-ring (bicyclic) bond motifs is 4. The predicted molar refractivity (Wildman–Crippen MR) is 172 cm³/mol. The molecule has 5 aromatic rings. The molecule has 0 spiro atoms. The van der Waals surface area contributed by atoms with Gasteiger partial charge in [-0.15, -0.1) is 0 Å². The van der Waals surface area contributed by atoms with Crippen molar-refractivity contribution in [1.29, 1.82) is 0 Å². The Labute approximate surface area is 238 Å². The second-order valence-electron chi connectivity index (χ2n) is 9.88. The first-order valence-corrected chi connectivity index (χ1v) is 16.0. The summed E-state index contributed by atoms with van der Waals surface area (Å²) in [6.07, 6.45) is 4.31. The Morgan fingerprint density at radius 1 is 0.525 bits per heavy atom. The van der Waals surface area contributed by atoms with E-state index in [4.69, 9.17) is 9.05 Å². The normalized spacial score (nSPS) is 17.4. The summed E-state index contributed by atoms with van der Waals surface area (Å²) in [6, 6.07) is 43.1. The third kappa shape index (κ3) is 4.39. The molecule has 40 heavy (non-hydrogen) atoms. The van der Waals surface area contributed by atoms with Crippen molar-refractivity contribution in [1.82, 2.24) is 0 Å². The summed E-state index contributed by atoms with van der Waals surface area (Å²) in [5.74, 6) is 1.93. The molecule has 2 atom stereocenters. The van der Waals surface area contributed by atoms with Gasteiger partial charge in [0, 0.05) is 32.4 Å². The molecular weight excluding hydrogens is 526 g/mol. The number of para-hydroxylation sites is 2. The van der Waals surface area contributed by atoms with Crippen molar-refractivity contribution in [2.75, 3.05) is 0 Å². The van der Waals surface area contributed by atoms with E-state index in [1.54, 1.807) is 0 Å². The van der Waals surface area contributed by atoms with Gasteiger partial charge >= 0.3 is 0 Å². The van der Waals surface area contributed by atoms with Crippen molar-refractivity contribution in [3.63, 3.8) is 0 Å². The smallest absolute Gasteiger partial charge is 0.151 e. The first kappa shape index (κ1) is 25.0. The van der Waals surface area contributed by atoms with Gasteiger partial charge in [0.25, 0.3) is 0 Å². The van der Waals surface area contributed by atoms with E-state index in [1.165, 1.54) is 54.6 Å². The average Bonchev–Trinajstić information content (AvgIpc) is 3.02. The summed E-state index contributed by atoms with van der Waals surface area (Å²) >= 11 is 0. The van der Waals surface area contributed by atoms with Crippen LogP contribution in [0, 0.1) is 0 Å². The fourth-order valence-corrected chi connectivity index (χ4v) is 9.26. The molecule has 2 unspecified atom stereocenters. The fraction of sp³-hybridized carbons (Fsp3) is 0.0556. The molecule has 0 saturated carbocycles. The van der Waals surface area contributed by atoms with Crippen LogP contribution in [-0.2, 0) is 0 Å². The van der Waals surface area contributed by atoms with E-state index in [1.807, 2.05) is 12.1 Å². The molecule has 0 amide bonds. The summed E-state index contributed by atoms with van der Waals surface area (Å²) in [5.41, 5.74) is 7.30. The van der Waals surface area contributed by atoms with E-state index in [2.05, 4.69) is 135 Å². The van der Waals surface area contributed by atoms with Crippen LogP contribution in [0.2, 0.25) is 0 Å². The lowest BCUT2D eigenvalue weighted by Crippen LogP contribution is -2.21. The molecule has 7 rings (SSSR count). The van der Waals surface area contributed by atoms with Gasteiger partial charge in [0.15, 0.2) is 16.3 Å². The Morgan fingerprint density at radius 3 is 1.68 bits per heavy atom. The molecule has 0 bridgehead atoms. The summed E-state index contributed by atoms with van der Waals surface area (Å²) < 4.78 is 13.2. The van der Waals surface area contributed by atoms with E-state index in [-0.39, 0.29) is 0 Å². The minimum absolute atomic E-state index is 0.924. The van der Waals surface area contributed by atoms with E-state index < -0.39 is 16.3 Å². The van der Waals surface area contributed by atoms with Crippen LogP contribution < -0.4 is 25.0 Å². The first-order valence-electron chi connectivity index (χ1n) is 13.5. The van der Waals surface area contributed by atoms with Gasteiger partial charge in [-0.05, 0) is 48.2 Å². The quantitative estimate of drug-likeness (QED) is 0.206. The molecule has 0 N–H and O–H groups in total. The van der Waals surface area contributed by atoms with Crippen molar-refractivity contribution in [2.24, 2.45) is 0 Å². The third-order valence-electron chi connectivity index (χ3n) is 7.43. The summed E-state index contributed by atoms with van der Waals surface area (Å²) in [7, 11) is -1.85. The van der Waals surface area contributed by atoms with E-state index in [9.17, 15) is 0 Å². The molecule has 0 aromatic heterocycles. The van der Waals surface area contributed by atoms with Gasteiger partial charge in [-0.3, -0.25) is 0 Å². The number of benzene rings is 5. The summed E-state index contributed by atoms with van der Waals surface area (Å²) in [5, 5.41) is 4.97. The van der Waals surface area contributed by atoms with Crippen LogP contribution in [0.25, 0.3) is 27.8 Å². The van der Waals surface area contributed by atoms with Gasteiger partial charge < -0.3 is 9.05 Å². The first-order chi connectivity index (χ1) is 19.7. The average molecular weight is 555 g/mol. The second-order valence-corrected chi connectivity index (χ2v) is 13.4. The van der Waals surface area contributed by atoms with Crippen LogP contribution in [0.15, 0.2) is 139 Å². The van der Waals surface area contributed by atoms with Gasteiger partial charge in [-0.25, -0.2) is 0 Å². The minimum Gasteiger partial charge on any atom is -0.464 e. The third-order valence-corrected chi connectivity index (χ3v) is 11.5. The van der Waals surface area contributed by atoms with Crippen molar-refractivity contribution in [3.05, 3.63) is 144 Å². The fourth-order valence-electron chi connectivity index (χ4n) is 5.40. The lowest BCUT2D eigenvalue weighted by Gasteiger charge is -2.28. The standard InChI is InChI=1S/C36H28O2P2/c1-3-10-35-25(2)30-11-4-7-14-33(30)37-39(35)28-21-17-26(18-22-28)27-19-23-29(24-20-27)40-36-16-9-6-13-32(36)31-12-5-8-15-34(31)38-40/h3-24H,1-2H3/b10-3-. The maximum Gasteiger partial charge on any atom is 0.151 e. The summed E-state index contributed by atoms with van der Waals surface area (Å²) in [4.78, 5) is 0. The van der Waals surface area contributed by atoms with Crippen LogP contribution in [0.3, 0.4) is 0 Å². The monoisotopic (exact) mass is 554 g/mol. The zero-order valence-electron chi connectivity index (χ0n) is 22.4. The van der Waals surface area contributed by atoms with Crippen LogP contribution in [0.4, 0.5) is 0 Å². The highest BCUT2D eigenvalue weighted by atomic mass is 31.1. The predicted octanol–water partition coefficient (Wildman–Crippen LogP) is 9.18. The molecule has 2 aliphatic rings. The Hall–Kier alpha value is -3.96. The van der Waals surface area contributed by atoms with Crippen LogP contribution >= 0.6 is 16.3 Å². The Kier molecular flexibility index (Phi) is 6.60. The largest absolute Gasteiger partial charge is 0.464 e. The Morgan fingerprint density at radius 2 is 1.02 bits per heavy atom. The van der Waals surface area contributed by atoms with E-state index >= 15 is 0 Å². The zero-order valence-corrected chi connectivity index (χ0v) is 24.2. The van der Waals surface area contributed by atoms with Gasteiger partial charge in [0.1, 0.15) is 11.5 Å². The topological polar surface area (TPSA) is 18.5 Å². The highest BCUT2D eigenvalue weighted by Crippen LogP contribution is 2.55. The van der Waals surface area contributed by atoms with Crippen molar-refractivity contribution >= 4 is 37.8 Å². The highest BCUT2D eigenvalue weighted by molar-refractivity contribution is 7.69. The lowest BCUT2D eigenvalue weighted by atomic mass is 10.0. The van der Waals surface area contributed by atoms with Crippen molar-refractivity contribution < 1.29 is 9.05 Å². The lowest BCUT2D eigenvalue weighted by molar-refractivity contribution is 0.621. The maximum atomic E-state index is 6.58. The van der Waals surface area contributed by atoms with Crippen LogP contribution in [0.5, 0.6) is 11.5 Å². The van der Waals surface area contributed by atoms with Gasteiger partial charge in [0.05, 0.1) is 0 Å². The van der Waals surface area contributed by atoms with Crippen molar-refractivity contribution in [3.8, 4) is 33.8 Å². The molecule has 5 aromatic carbocycles. The van der Waals surface area contributed by atoms with Gasteiger partial charge in [-0.1, -0.05) is 121 Å². The van der Waals surface area contributed by atoms with Crippen LogP contribution in [0.1, 0.15) is 19.4 Å². The Bertz CT molecular complexity index is 1770. The van der Waals surface area contributed by atoms with Crippen LogP contribution in [-0.4, -0.2) is 0 Å². The molecule has 0 aliphatic carbocycles. The molecule has 194 valence electrons. The molecule has 2 nitrogen and oxygen atoms in total. The van der Waals surface area contributed by atoms with Gasteiger partial charge in [-0.2, -0.15) is 0 Å². The molecule has 2 aliphatic heterocycles. The highest BCUT2D eigenvalue weighted by Gasteiger charge is 2.28. The molecule has 0 fully saturated rings. The Balaban J connectivity index is 1.17. The maximum absolute atomic E-state index is 6.58. The van der Waals surface area contributed by atoms with E-state index in [0.29, 0.717) is 0 Å². The molecule has 0 saturated heterocycles. The second kappa shape index (κ2) is 10.5. The summed E-state index contributed by atoms with van der Waals surface area (Å²) in [6.45, 7) is 4.27. The SMILES string of the molecule is C/C=C\C1=C(C)c2ccccc2OP1c1ccc(-c2ccc(P3Oc4ccccc4-c4ccccc43)cc2)cc1. The number of rotatable bonds is 4.